The van der Waals surface area contributed by atoms with Gasteiger partial charge in [0.25, 0.3) is 0 Å². The number of aryl methyl sites for hydroxylation is 1. The van der Waals surface area contributed by atoms with Gasteiger partial charge in [0.2, 0.25) is 15.9 Å². The Kier molecular flexibility index (Phi) is 8.82. The highest BCUT2D eigenvalue weighted by Gasteiger charge is 2.21. The lowest BCUT2D eigenvalue weighted by Crippen LogP contribution is -2.40. The topological polar surface area (TPSA) is 75.7 Å². The van der Waals surface area contributed by atoms with Gasteiger partial charge in [0.15, 0.2) is 0 Å². The van der Waals surface area contributed by atoms with Crippen molar-refractivity contribution in [3.05, 3.63) is 58.1 Å². The third-order valence-electron chi connectivity index (χ3n) is 4.06. The number of anilines is 1. The molecular formula is C21H26Cl2N2O4S. The number of rotatable bonds is 10. The molecule has 0 heterocycles. The van der Waals surface area contributed by atoms with E-state index in [0.29, 0.717) is 13.0 Å². The van der Waals surface area contributed by atoms with E-state index in [4.69, 9.17) is 27.9 Å². The number of nitrogens with one attached hydrogen (secondary N) is 1. The second-order valence-corrected chi connectivity index (χ2v) is 9.94. The molecule has 0 aliphatic rings. The summed E-state index contributed by atoms with van der Waals surface area (Å²) in [7, 11) is -3.69. The lowest BCUT2D eigenvalue weighted by molar-refractivity contribution is -0.119. The predicted molar refractivity (Wildman–Crippen MR) is 122 cm³/mol. The molecule has 0 aliphatic carbocycles. The maximum absolute atomic E-state index is 12.3. The van der Waals surface area contributed by atoms with E-state index in [1.165, 1.54) is 18.2 Å². The maximum Gasteiger partial charge on any atom is 0.240 e. The predicted octanol–water partition coefficient (Wildman–Crippen LogP) is 4.30. The molecule has 2 aromatic rings. The van der Waals surface area contributed by atoms with Gasteiger partial charge in [-0.25, -0.2) is 8.42 Å². The molecule has 0 spiro atoms. The van der Waals surface area contributed by atoms with Crippen LogP contribution in [0, 0.1) is 0 Å². The Balaban J connectivity index is 1.91. The Morgan fingerprint density at radius 3 is 2.40 bits per heavy atom. The van der Waals surface area contributed by atoms with Gasteiger partial charge < -0.3 is 10.1 Å². The highest BCUT2D eigenvalue weighted by atomic mass is 35.5. The molecule has 6 nitrogen and oxygen atoms in total. The third kappa shape index (κ3) is 8.05. The van der Waals surface area contributed by atoms with Gasteiger partial charge in [-0.1, -0.05) is 35.3 Å². The molecule has 0 aromatic heterocycles. The second kappa shape index (κ2) is 10.9. The molecule has 0 bridgehead atoms. The van der Waals surface area contributed by atoms with Gasteiger partial charge in [0.1, 0.15) is 12.3 Å². The summed E-state index contributed by atoms with van der Waals surface area (Å²) >= 11 is 11.9. The van der Waals surface area contributed by atoms with E-state index in [0.717, 1.165) is 28.3 Å². The van der Waals surface area contributed by atoms with Gasteiger partial charge in [0.05, 0.1) is 18.0 Å². The molecule has 2 rings (SSSR count). The van der Waals surface area contributed by atoms with Crippen molar-refractivity contribution in [3.63, 3.8) is 0 Å². The second-order valence-electron chi connectivity index (χ2n) is 7.16. The molecule has 1 amide bonds. The van der Waals surface area contributed by atoms with Crippen LogP contribution in [-0.4, -0.2) is 39.8 Å². The van der Waals surface area contributed by atoms with Crippen LogP contribution in [0.25, 0.3) is 0 Å². The van der Waals surface area contributed by atoms with E-state index in [9.17, 15) is 13.2 Å². The SMILES string of the molecule is CC(C)Oc1cccc(CCCNC(=O)CN(c2cc(Cl)cc(Cl)c2)S(C)(=O)=O)c1. The molecule has 0 radical (unpaired) electrons. The van der Waals surface area contributed by atoms with Crippen LogP contribution in [0.2, 0.25) is 10.0 Å². The highest BCUT2D eigenvalue weighted by molar-refractivity contribution is 7.92. The summed E-state index contributed by atoms with van der Waals surface area (Å²) in [5, 5.41) is 3.33. The fourth-order valence-electron chi connectivity index (χ4n) is 2.84. The number of hydrogen-bond donors (Lipinski definition) is 1. The number of benzene rings is 2. The minimum atomic E-state index is -3.69. The van der Waals surface area contributed by atoms with Crippen LogP contribution in [-0.2, 0) is 21.2 Å². The number of carbonyl (C=O) groups excluding carboxylic acids is 1. The van der Waals surface area contributed by atoms with Crippen molar-refractivity contribution in [2.75, 3.05) is 23.7 Å². The first kappa shape index (κ1) is 24.3. The first-order valence-corrected chi connectivity index (χ1v) is 12.1. The highest BCUT2D eigenvalue weighted by Crippen LogP contribution is 2.26. The summed E-state index contributed by atoms with van der Waals surface area (Å²) in [6.45, 7) is 4.01. The van der Waals surface area contributed by atoms with Gasteiger partial charge in [-0.2, -0.15) is 0 Å². The average molecular weight is 473 g/mol. The lowest BCUT2D eigenvalue weighted by atomic mass is 10.1. The first-order chi connectivity index (χ1) is 14.0. The Bertz CT molecular complexity index is 960. The normalized spacial score (nSPS) is 11.4. The van der Waals surface area contributed by atoms with Gasteiger partial charge in [0, 0.05) is 16.6 Å². The van der Waals surface area contributed by atoms with Gasteiger partial charge in [-0.05, 0) is 62.6 Å². The number of sulfonamides is 1. The molecule has 9 heteroatoms. The lowest BCUT2D eigenvalue weighted by Gasteiger charge is -2.22. The molecule has 164 valence electrons. The quantitative estimate of drug-likeness (QED) is 0.523. The zero-order valence-electron chi connectivity index (χ0n) is 17.2. The van der Waals surface area contributed by atoms with E-state index in [1.807, 2.05) is 38.1 Å². The summed E-state index contributed by atoms with van der Waals surface area (Å²) in [6, 6.07) is 12.2. The van der Waals surface area contributed by atoms with Crippen LogP contribution in [0.15, 0.2) is 42.5 Å². The van der Waals surface area contributed by atoms with Crippen molar-refractivity contribution in [2.24, 2.45) is 0 Å². The number of amides is 1. The van der Waals surface area contributed by atoms with Gasteiger partial charge in [-0.3, -0.25) is 9.10 Å². The van der Waals surface area contributed by atoms with Crippen molar-refractivity contribution in [1.82, 2.24) is 5.32 Å². The number of carbonyl (C=O) groups is 1. The van der Waals surface area contributed by atoms with Crippen molar-refractivity contribution in [1.29, 1.82) is 0 Å². The van der Waals surface area contributed by atoms with Crippen LogP contribution in [0.1, 0.15) is 25.8 Å². The van der Waals surface area contributed by atoms with Crippen molar-refractivity contribution in [2.45, 2.75) is 32.8 Å². The summed E-state index contributed by atoms with van der Waals surface area (Å²) in [6.07, 6.45) is 2.60. The molecule has 30 heavy (non-hydrogen) atoms. The minimum Gasteiger partial charge on any atom is -0.491 e. The molecule has 0 unspecified atom stereocenters. The van der Waals surface area contributed by atoms with Crippen molar-refractivity contribution < 1.29 is 17.9 Å². The fourth-order valence-corrected chi connectivity index (χ4v) is 4.19. The summed E-state index contributed by atoms with van der Waals surface area (Å²) in [5.41, 5.74) is 1.35. The molecule has 0 aliphatic heterocycles. The van der Waals surface area contributed by atoms with Crippen LogP contribution in [0.5, 0.6) is 5.75 Å². The largest absolute Gasteiger partial charge is 0.491 e. The van der Waals surface area contributed by atoms with Gasteiger partial charge in [-0.15, -0.1) is 0 Å². The molecule has 2 aromatic carbocycles. The Morgan fingerprint density at radius 2 is 1.80 bits per heavy atom. The van der Waals surface area contributed by atoms with Crippen molar-refractivity contribution >= 4 is 44.8 Å². The monoisotopic (exact) mass is 472 g/mol. The van der Waals surface area contributed by atoms with E-state index >= 15 is 0 Å². The Morgan fingerprint density at radius 1 is 1.13 bits per heavy atom. The number of ether oxygens (including phenoxy) is 1. The number of halogens is 2. The first-order valence-electron chi connectivity index (χ1n) is 9.50. The Hall–Kier alpha value is -1.96. The zero-order chi connectivity index (χ0) is 22.3. The average Bonchev–Trinajstić information content (AvgIpc) is 2.61. The number of nitrogens with zero attached hydrogens (tertiary/aromatic N) is 1. The smallest absolute Gasteiger partial charge is 0.240 e. The van der Waals surface area contributed by atoms with Crippen LogP contribution < -0.4 is 14.4 Å². The van der Waals surface area contributed by atoms with Crippen LogP contribution >= 0.6 is 23.2 Å². The zero-order valence-corrected chi connectivity index (χ0v) is 19.5. The standard InChI is InChI=1S/C21H26Cl2N2O4S/c1-15(2)29-20-8-4-6-16(10-20)7-5-9-24-21(26)14-25(30(3,27)28)19-12-17(22)11-18(23)13-19/h4,6,8,10-13,15H,5,7,9,14H2,1-3H3,(H,24,26). The Labute approximate surface area is 188 Å². The van der Waals surface area contributed by atoms with Crippen molar-refractivity contribution in [3.8, 4) is 5.75 Å². The van der Waals surface area contributed by atoms with E-state index < -0.39 is 15.9 Å². The third-order valence-corrected chi connectivity index (χ3v) is 5.63. The van der Waals surface area contributed by atoms with Crippen LogP contribution in [0.4, 0.5) is 5.69 Å². The summed E-state index contributed by atoms with van der Waals surface area (Å²) < 4.78 is 31.0. The molecular weight excluding hydrogens is 447 g/mol. The van der Waals surface area contributed by atoms with E-state index in [-0.39, 0.29) is 28.4 Å². The minimum absolute atomic E-state index is 0.103. The van der Waals surface area contributed by atoms with Crippen LogP contribution in [0.3, 0.4) is 0 Å². The molecule has 0 atom stereocenters. The van der Waals surface area contributed by atoms with Gasteiger partial charge >= 0.3 is 0 Å². The molecule has 0 saturated heterocycles. The maximum atomic E-state index is 12.3. The molecule has 0 saturated carbocycles. The molecule has 1 N–H and O–H groups in total. The molecule has 0 fully saturated rings. The number of hydrogen-bond acceptors (Lipinski definition) is 4. The summed E-state index contributed by atoms with van der Waals surface area (Å²) in [5.74, 6) is 0.406. The van der Waals surface area contributed by atoms with E-state index in [2.05, 4.69) is 5.32 Å². The summed E-state index contributed by atoms with van der Waals surface area (Å²) in [4.78, 5) is 12.3. The fraction of sp³-hybridized carbons (Fsp3) is 0.381. The van der Waals surface area contributed by atoms with E-state index in [1.54, 1.807) is 0 Å².